The zero-order valence-corrected chi connectivity index (χ0v) is 13.5. The fourth-order valence-electron chi connectivity index (χ4n) is 1.82. The number of carboxylic acids is 1. The SMILES string of the molecule is COc1ccccc1OCC(=O)Nc1nc(C)c(CC(=O)O)s1. The first-order valence-electron chi connectivity index (χ1n) is 6.73. The van der Waals surface area contributed by atoms with Gasteiger partial charge in [0.05, 0.1) is 19.2 Å². The monoisotopic (exact) mass is 336 g/mol. The summed E-state index contributed by atoms with van der Waals surface area (Å²) in [5.74, 6) is -0.318. The lowest BCUT2D eigenvalue weighted by atomic mass is 10.3. The molecule has 0 radical (unpaired) electrons. The first-order valence-corrected chi connectivity index (χ1v) is 7.55. The maximum absolute atomic E-state index is 11.9. The number of amides is 1. The van der Waals surface area contributed by atoms with E-state index in [1.54, 1.807) is 31.2 Å². The summed E-state index contributed by atoms with van der Waals surface area (Å²) in [6.07, 6.45) is -0.114. The van der Waals surface area contributed by atoms with Crippen LogP contribution in [0, 0.1) is 6.92 Å². The maximum atomic E-state index is 11.9. The molecule has 0 aliphatic rings. The van der Waals surface area contributed by atoms with Crippen LogP contribution in [0.15, 0.2) is 24.3 Å². The molecule has 0 aliphatic carbocycles. The second-order valence-corrected chi connectivity index (χ2v) is 5.67. The van der Waals surface area contributed by atoms with Crippen LogP contribution < -0.4 is 14.8 Å². The number of thiazole rings is 1. The third-order valence-corrected chi connectivity index (χ3v) is 3.95. The molecule has 0 bridgehead atoms. The zero-order valence-electron chi connectivity index (χ0n) is 12.7. The lowest BCUT2D eigenvalue weighted by Gasteiger charge is -2.09. The fourth-order valence-corrected chi connectivity index (χ4v) is 2.79. The van der Waals surface area contributed by atoms with E-state index in [9.17, 15) is 9.59 Å². The number of benzene rings is 1. The summed E-state index contributed by atoms with van der Waals surface area (Å²) in [7, 11) is 1.52. The Morgan fingerprint density at radius 3 is 2.65 bits per heavy atom. The van der Waals surface area contributed by atoms with Crippen LogP contribution in [0.1, 0.15) is 10.6 Å². The first-order chi connectivity index (χ1) is 11.0. The van der Waals surface area contributed by atoms with Gasteiger partial charge in [0.1, 0.15) is 0 Å². The van der Waals surface area contributed by atoms with E-state index in [1.807, 2.05) is 0 Å². The van der Waals surface area contributed by atoms with Gasteiger partial charge in [-0.15, -0.1) is 11.3 Å². The third-order valence-electron chi connectivity index (χ3n) is 2.88. The number of hydrogen-bond acceptors (Lipinski definition) is 6. The lowest BCUT2D eigenvalue weighted by molar-refractivity contribution is -0.136. The summed E-state index contributed by atoms with van der Waals surface area (Å²) < 4.78 is 10.5. The van der Waals surface area contributed by atoms with E-state index in [0.717, 1.165) is 11.3 Å². The highest BCUT2D eigenvalue weighted by atomic mass is 32.1. The van der Waals surface area contributed by atoms with Crippen molar-refractivity contribution in [2.24, 2.45) is 0 Å². The number of carbonyl (C=O) groups is 2. The summed E-state index contributed by atoms with van der Waals surface area (Å²) in [6.45, 7) is 1.50. The van der Waals surface area contributed by atoms with Crippen molar-refractivity contribution in [1.82, 2.24) is 4.98 Å². The average Bonchev–Trinajstić information content (AvgIpc) is 2.84. The minimum Gasteiger partial charge on any atom is -0.493 e. The van der Waals surface area contributed by atoms with Crippen LogP contribution in [-0.2, 0) is 16.0 Å². The molecule has 1 aromatic heterocycles. The van der Waals surface area contributed by atoms with Gasteiger partial charge in [-0.25, -0.2) is 4.98 Å². The second-order valence-electron chi connectivity index (χ2n) is 4.59. The number of aryl methyl sites for hydroxylation is 1. The van der Waals surface area contributed by atoms with Gasteiger partial charge < -0.3 is 14.6 Å². The Balaban J connectivity index is 1.93. The number of methoxy groups -OCH3 is 1. The number of hydrogen-bond donors (Lipinski definition) is 2. The Kier molecular flexibility index (Phi) is 5.53. The van der Waals surface area contributed by atoms with E-state index in [2.05, 4.69) is 10.3 Å². The van der Waals surface area contributed by atoms with Gasteiger partial charge in [-0.2, -0.15) is 0 Å². The molecule has 2 rings (SSSR count). The van der Waals surface area contributed by atoms with Crippen LogP contribution in [-0.4, -0.2) is 35.7 Å². The quantitative estimate of drug-likeness (QED) is 0.803. The predicted molar refractivity (Wildman–Crippen MR) is 85.3 cm³/mol. The van der Waals surface area contributed by atoms with E-state index in [0.29, 0.717) is 27.2 Å². The first kappa shape index (κ1) is 16.8. The molecule has 23 heavy (non-hydrogen) atoms. The molecule has 0 unspecified atom stereocenters. The molecule has 122 valence electrons. The molecule has 0 fully saturated rings. The van der Waals surface area contributed by atoms with Crippen LogP contribution in [0.3, 0.4) is 0 Å². The summed E-state index contributed by atoms with van der Waals surface area (Å²) in [5, 5.41) is 11.7. The Labute approximate surface area is 136 Å². The van der Waals surface area contributed by atoms with Crippen molar-refractivity contribution in [1.29, 1.82) is 0 Å². The minimum absolute atomic E-state index is 0.114. The van der Waals surface area contributed by atoms with E-state index < -0.39 is 5.97 Å². The van der Waals surface area contributed by atoms with Gasteiger partial charge in [0.25, 0.3) is 5.91 Å². The number of aliphatic carboxylic acids is 1. The van der Waals surface area contributed by atoms with Gasteiger partial charge in [-0.1, -0.05) is 12.1 Å². The van der Waals surface area contributed by atoms with E-state index in [1.165, 1.54) is 7.11 Å². The van der Waals surface area contributed by atoms with Gasteiger partial charge in [-0.3, -0.25) is 14.9 Å². The fraction of sp³-hybridized carbons (Fsp3) is 0.267. The number of rotatable bonds is 7. The minimum atomic E-state index is -0.936. The second kappa shape index (κ2) is 7.59. The molecule has 0 saturated heterocycles. The normalized spacial score (nSPS) is 10.2. The summed E-state index contributed by atoms with van der Waals surface area (Å²) in [5.41, 5.74) is 0.596. The Morgan fingerprint density at radius 2 is 2.00 bits per heavy atom. The zero-order chi connectivity index (χ0) is 16.8. The van der Waals surface area contributed by atoms with Crippen molar-refractivity contribution in [3.05, 3.63) is 34.8 Å². The topological polar surface area (TPSA) is 97.8 Å². The van der Waals surface area contributed by atoms with E-state index in [4.69, 9.17) is 14.6 Å². The molecular formula is C15H16N2O5S. The van der Waals surface area contributed by atoms with Crippen molar-refractivity contribution in [2.75, 3.05) is 19.0 Å². The molecule has 0 aliphatic heterocycles. The van der Waals surface area contributed by atoms with Crippen molar-refractivity contribution in [3.63, 3.8) is 0 Å². The van der Waals surface area contributed by atoms with Crippen LogP contribution in [0.4, 0.5) is 5.13 Å². The maximum Gasteiger partial charge on any atom is 0.308 e. The number of nitrogens with zero attached hydrogens (tertiary/aromatic N) is 1. The lowest BCUT2D eigenvalue weighted by Crippen LogP contribution is -2.20. The molecular weight excluding hydrogens is 320 g/mol. The Bertz CT molecular complexity index is 714. The van der Waals surface area contributed by atoms with E-state index >= 15 is 0 Å². The van der Waals surface area contributed by atoms with Gasteiger partial charge >= 0.3 is 5.97 Å². The number of para-hydroxylation sites is 2. The molecule has 1 amide bonds. The molecule has 1 aromatic carbocycles. The molecule has 8 heteroatoms. The van der Waals surface area contributed by atoms with Gasteiger partial charge in [0, 0.05) is 4.88 Å². The summed E-state index contributed by atoms with van der Waals surface area (Å²) >= 11 is 1.14. The molecule has 1 heterocycles. The molecule has 2 aromatic rings. The smallest absolute Gasteiger partial charge is 0.308 e. The largest absolute Gasteiger partial charge is 0.493 e. The highest BCUT2D eigenvalue weighted by Crippen LogP contribution is 2.26. The van der Waals surface area contributed by atoms with Crippen molar-refractivity contribution in [3.8, 4) is 11.5 Å². The van der Waals surface area contributed by atoms with Gasteiger partial charge in [0.15, 0.2) is 23.2 Å². The van der Waals surface area contributed by atoms with Crippen LogP contribution in [0.25, 0.3) is 0 Å². The average molecular weight is 336 g/mol. The molecule has 0 spiro atoms. The van der Waals surface area contributed by atoms with Crippen LogP contribution in [0.2, 0.25) is 0 Å². The summed E-state index contributed by atoms with van der Waals surface area (Å²) in [6, 6.07) is 7.01. The Morgan fingerprint density at radius 1 is 1.30 bits per heavy atom. The number of carbonyl (C=O) groups excluding carboxylic acids is 1. The summed E-state index contributed by atoms with van der Waals surface area (Å²) in [4.78, 5) is 27.4. The molecule has 2 N–H and O–H groups in total. The van der Waals surface area contributed by atoms with Crippen molar-refractivity contribution >= 4 is 28.3 Å². The number of carboxylic acid groups (broad SMARTS) is 1. The number of nitrogens with one attached hydrogen (secondary N) is 1. The van der Waals surface area contributed by atoms with Crippen molar-refractivity contribution < 1.29 is 24.2 Å². The van der Waals surface area contributed by atoms with Gasteiger partial charge in [-0.05, 0) is 19.1 Å². The molecule has 0 atom stereocenters. The van der Waals surface area contributed by atoms with Crippen LogP contribution >= 0.6 is 11.3 Å². The highest BCUT2D eigenvalue weighted by molar-refractivity contribution is 7.16. The number of ether oxygens (including phenoxy) is 2. The van der Waals surface area contributed by atoms with Gasteiger partial charge in [0.2, 0.25) is 0 Å². The predicted octanol–water partition coefficient (Wildman–Crippen LogP) is 2.10. The highest BCUT2D eigenvalue weighted by Gasteiger charge is 2.13. The molecule has 0 saturated carbocycles. The van der Waals surface area contributed by atoms with E-state index in [-0.39, 0.29) is 18.9 Å². The van der Waals surface area contributed by atoms with Crippen molar-refractivity contribution in [2.45, 2.75) is 13.3 Å². The number of anilines is 1. The third kappa shape index (κ3) is 4.68. The van der Waals surface area contributed by atoms with Crippen LogP contribution in [0.5, 0.6) is 11.5 Å². The Hall–Kier alpha value is -2.61. The molecule has 7 nitrogen and oxygen atoms in total. The standard InChI is InChI=1S/C15H16N2O5S/c1-9-12(7-14(19)20)23-15(16-9)17-13(18)8-22-11-6-4-3-5-10(11)21-2/h3-6H,7-8H2,1-2H3,(H,19,20)(H,16,17,18). The number of aromatic nitrogens is 1.